The maximum absolute atomic E-state index is 12.2. The Balaban J connectivity index is 1.83. The minimum atomic E-state index is 0.0304. The standard InChI is InChI=1S/C19H26ClN5OS/c1-5-13(4)22-23-19-21-16-15(27-19)7-6-14(20)17(16)24-8-10-25(11-9-24)18(26)12(2)3/h6-7,12H,5,8-11H2,1-4H3,(H,21,23)/b22-13-. The molecule has 0 radical (unpaired) electrons. The molecule has 0 saturated carbocycles. The summed E-state index contributed by atoms with van der Waals surface area (Å²) in [5.74, 6) is 0.242. The molecule has 0 spiro atoms. The molecule has 1 aliphatic rings. The number of benzene rings is 1. The highest BCUT2D eigenvalue weighted by molar-refractivity contribution is 7.22. The van der Waals surface area contributed by atoms with Crippen LogP contribution < -0.4 is 10.3 Å². The second kappa shape index (κ2) is 8.44. The van der Waals surface area contributed by atoms with Crippen LogP contribution in [0, 0.1) is 5.92 Å². The fraction of sp³-hybridized carbons (Fsp3) is 0.526. The van der Waals surface area contributed by atoms with Crippen LogP contribution in [0.2, 0.25) is 5.02 Å². The number of rotatable bonds is 5. The van der Waals surface area contributed by atoms with Crippen LogP contribution in [0.5, 0.6) is 0 Å². The molecule has 1 aliphatic heterocycles. The predicted octanol–water partition coefficient (Wildman–Crippen LogP) is 4.45. The fourth-order valence-corrected chi connectivity index (χ4v) is 4.13. The summed E-state index contributed by atoms with van der Waals surface area (Å²) in [6.07, 6.45) is 0.897. The van der Waals surface area contributed by atoms with Gasteiger partial charge < -0.3 is 9.80 Å². The molecule has 1 N–H and O–H groups in total. The Morgan fingerprint density at radius 1 is 1.33 bits per heavy atom. The number of thiazole rings is 1. The van der Waals surface area contributed by atoms with Crippen LogP contribution in [0.1, 0.15) is 34.1 Å². The minimum absolute atomic E-state index is 0.0304. The smallest absolute Gasteiger partial charge is 0.225 e. The highest BCUT2D eigenvalue weighted by Crippen LogP contribution is 2.38. The van der Waals surface area contributed by atoms with Crippen LogP contribution >= 0.6 is 22.9 Å². The van der Waals surface area contributed by atoms with Crippen molar-refractivity contribution >= 4 is 55.6 Å². The molecule has 3 rings (SSSR count). The lowest BCUT2D eigenvalue weighted by atomic mass is 10.1. The van der Waals surface area contributed by atoms with E-state index < -0.39 is 0 Å². The number of amides is 1. The molecule has 1 saturated heterocycles. The number of anilines is 2. The van der Waals surface area contributed by atoms with E-state index in [1.807, 2.05) is 37.8 Å². The summed E-state index contributed by atoms with van der Waals surface area (Å²) in [5, 5.41) is 5.79. The Hall–Kier alpha value is -1.86. The van der Waals surface area contributed by atoms with Crippen molar-refractivity contribution in [3.8, 4) is 0 Å². The normalized spacial score (nSPS) is 15.7. The van der Waals surface area contributed by atoms with E-state index in [9.17, 15) is 4.79 Å². The SMILES string of the molecule is CC/C(C)=N\Nc1nc2c(N3CCN(C(=O)C(C)C)CC3)c(Cl)ccc2s1. The molecule has 1 aromatic heterocycles. The van der Waals surface area contributed by atoms with E-state index in [4.69, 9.17) is 16.6 Å². The summed E-state index contributed by atoms with van der Waals surface area (Å²) in [6.45, 7) is 10.9. The van der Waals surface area contributed by atoms with Crippen LogP contribution in [0.25, 0.3) is 10.2 Å². The van der Waals surface area contributed by atoms with Gasteiger partial charge in [-0.15, -0.1) is 0 Å². The number of fused-ring (bicyclic) bond motifs is 1. The number of piperazine rings is 1. The van der Waals surface area contributed by atoms with Crippen molar-refractivity contribution in [2.24, 2.45) is 11.0 Å². The van der Waals surface area contributed by atoms with Gasteiger partial charge in [0.25, 0.3) is 0 Å². The first-order valence-electron chi connectivity index (χ1n) is 9.32. The highest BCUT2D eigenvalue weighted by atomic mass is 35.5. The van der Waals surface area contributed by atoms with Gasteiger partial charge in [0, 0.05) is 37.8 Å². The lowest BCUT2D eigenvalue weighted by Gasteiger charge is -2.37. The van der Waals surface area contributed by atoms with Gasteiger partial charge in [-0.05, 0) is 25.5 Å². The van der Waals surface area contributed by atoms with Crippen LogP contribution in [-0.2, 0) is 4.79 Å². The molecule has 0 unspecified atom stereocenters. The largest absolute Gasteiger partial charge is 0.365 e. The Labute approximate surface area is 169 Å². The van der Waals surface area contributed by atoms with Crippen molar-refractivity contribution < 1.29 is 4.79 Å². The van der Waals surface area contributed by atoms with E-state index in [2.05, 4.69) is 22.4 Å². The first-order valence-corrected chi connectivity index (χ1v) is 10.5. The van der Waals surface area contributed by atoms with Gasteiger partial charge in [0.15, 0.2) is 0 Å². The fourth-order valence-electron chi connectivity index (χ4n) is 3.04. The van der Waals surface area contributed by atoms with Gasteiger partial charge in [0.1, 0.15) is 5.52 Å². The lowest BCUT2D eigenvalue weighted by molar-refractivity contribution is -0.134. The van der Waals surface area contributed by atoms with Gasteiger partial charge in [-0.3, -0.25) is 10.2 Å². The minimum Gasteiger partial charge on any atom is -0.365 e. The highest BCUT2D eigenvalue weighted by Gasteiger charge is 2.25. The molecule has 1 fully saturated rings. The van der Waals surface area contributed by atoms with E-state index in [1.165, 1.54) is 0 Å². The number of hydrogen-bond acceptors (Lipinski definition) is 6. The molecule has 2 heterocycles. The molecule has 0 aliphatic carbocycles. The molecule has 0 atom stereocenters. The number of nitrogens with one attached hydrogen (secondary N) is 1. The number of carbonyl (C=O) groups is 1. The zero-order chi connectivity index (χ0) is 19.6. The van der Waals surface area contributed by atoms with Gasteiger partial charge in [0.2, 0.25) is 11.0 Å². The molecule has 2 aromatic rings. The van der Waals surface area contributed by atoms with Crippen LogP contribution in [0.4, 0.5) is 10.8 Å². The van der Waals surface area contributed by atoms with Crippen molar-refractivity contribution in [1.82, 2.24) is 9.88 Å². The maximum atomic E-state index is 12.2. The summed E-state index contributed by atoms with van der Waals surface area (Å²) in [5.41, 5.74) is 5.92. The van der Waals surface area contributed by atoms with Gasteiger partial charge in [-0.25, -0.2) is 4.98 Å². The Morgan fingerprint density at radius 2 is 2.04 bits per heavy atom. The van der Waals surface area contributed by atoms with E-state index in [-0.39, 0.29) is 11.8 Å². The molecule has 0 bridgehead atoms. The number of carbonyl (C=O) groups excluding carboxylic acids is 1. The number of hydrogen-bond donors (Lipinski definition) is 1. The molecule has 8 heteroatoms. The van der Waals surface area contributed by atoms with Crippen LogP contribution in [-0.4, -0.2) is 47.7 Å². The third-order valence-corrected chi connectivity index (χ3v) is 5.97. The molecule has 1 amide bonds. The number of halogens is 1. The summed E-state index contributed by atoms with van der Waals surface area (Å²) < 4.78 is 1.07. The van der Waals surface area contributed by atoms with Gasteiger partial charge >= 0.3 is 0 Å². The number of aromatic nitrogens is 1. The predicted molar refractivity (Wildman–Crippen MR) is 115 cm³/mol. The van der Waals surface area contributed by atoms with E-state index in [0.29, 0.717) is 18.1 Å². The Kier molecular flexibility index (Phi) is 6.22. The summed E-state index contributed by atoms with van der Waals surface area (Å²) in [6, 6.07) is 3.92. The second-order valence-electron chi connectivity index (χ2n) is 7.04. The van der Waals surface area contributed by atoms with Crippen LogP contribution in [0.3, 0.4) is 0 Å². The van der Waals surface area contributed by atoms with Crippen LogP contribution in [0.15, 0.2) is 17.2 Å². The molecule has 6 nitrogen and oxygen atoms in total. The number of nitrogens with zero attached hydrogens (tertiary/aromatic N) is 4. The third kappa shape index (κ3) is 4.35. The van der Waals surface area contributed by atoms with E-state index in [1.54, 1.807) is 11.3 Å². The summed E-state index contributed by atoms with van der Waals surface area (Å²) >= 11 is 8.11. The average molecular weight is 408 g/mol. The summed E-state index contributed by atoms with van der Waals surface area (Å²) in [4.78, 5) is 21.1. The van der Waals surface area contributed by atoms with Gasteiger partial charge in [0.05, 0.1) is 15.4 Å². The van der Waals surface area contributed by atoms with Crippen molar-refractivity contribution in [2.75, 3.05) is 36.5 Å². The monoisotopic (exact) mass is 407 g/mol. The first-order chi connectivity index (χ1) is 12.9. The molecule has 1 aromatic carbocycles. The molecule has 27 heavy (non-hydrogen) atoms. The van der Waals surface area contributed by atoms with Crippen molar-refractivity contribution in [2.45, 2.75) is 34.1 Å². The van der Waals surface area contributed by atoms with Crippen molar-refractivity contribution in [3.05, 3.63) is 17.2 Å². The molecular weight excluding hydrogens is 382 g/mol. The second-order valence-corrected chi connectivity index (χ2v) is 8.48. The topological polar surface area (TPSA) is 60.8 Å². The quantitative estimate of drug-likeness (QED) is 0.587. The molecular formula is C19H26ClN5OS. The Bertz CT molecular complexity index is 855. The van der Waals surface area contributed by atoms with E-state index >= 15 is 0 Å². The van der Waals surface area contributed by atoms with Crippen molar-refractivity contribution in [1.29, 1.82) is 0 Å². The number of hydrazone groups is 1. The van der Waals surface area contributed by atoms with E-state index in [0.717, 1.165) is 46.3 Å². The first kappa shape index (κ1) is 19.9. The Morgan fingerprint density at radius 3 is 2.67 bits per heavy atom. The lowest BCUT2D eigenvalue weighted by Crippen LogP contribution is -2.50. The van der Waals surface area contributed by atoms with Gasteiger partial charge in [-0.2, -0.15) is 5.10 Å². The zero-order valence-electron chi connectivity index (χ0n) is 16.3. The maximum Gasteiger partial charge on any atom is 0.225 e. The summed E-state index contributed by atoms with van der Waals surface area (Å²) in [7, 11) is 0. The average Bonchev–Trinajstić information content (AvgIpc) is 3.08. The zero-order valence-corrected chi connectivity index (χ0v) is 17.8. The molecule has 146 valence electrons. The third-order valence-electron chi connectivity index (χ3n) is 4.74. The van der Waals surface area contributed by atoms with Crippen molar-refractivity contribution in [3.63, 3.8) is 0 Å². The van der Waals surface area contributed by atoms with Gasteiger partial charge in [-0.1, -0.05) is 43.7 Å².